The van der Waals surface area contributed by atoms with Crippen molar-refractivity contribution < 1.29 is 4.79 Å². The molecule has 1 fully saturated rings. The second-order valence-corrected chi connectivity index (χ2v) is 8.87. The van der Waals surface area contributed by atoms with Crippen LogP contribution in [0.4, 0.5) is 11.8 Å². The average molecular weight is 424 g/mol. The van der Waals surface area contributed by atoms with Gasteiger partial charge in [0.2, 0.25) is 5.95 Å². The average Bonchev–Trinajstić information content (AvgIpc) is 3.03. The van der Waals surface area contributed by atoms with E-state index in [1.165, 1.54) is 11.3 Å². The van der Waals surface area contributed by atoms with Gasteiger partial charge in [-0.05, 0) is 59.8 Å². The number of hydrogen-bond donors (Lipinski definition) is 2. The van der Waals surface area contributed by atoms with E-state index in [1.807, 2.05) is 37.2 Å². The number of rotatable bonds is 5. The Hall–Kier alpha value is -1.67. The van der Waals surface area contributed by atoms with Gasteiger partial charge in [0.15, 0.2) is 0 Å². The quantitative estimate of drug-likeness (QED) is 0.769. The van der Waals surface area contributed by atoms with E-state index >= 15 is 0 Å². The number of thiophene rings is 1. The Labute approximate surface area is 160 Å². The minimum Gasteiger partial charge on any atom is -0.363 e. The van der Waals surface area contributed by atoms with Gasteiger partial charge in [-0.3, -0.25) is 4.79 Å². The smallest absolute Gasteiger partial charge is 0.261 e. The zero-order valence-electron chi connectivity index (χ0n) is 14.3. The second kappa shape index (κ2) is 8.14. The van der Waals surface area contributed by atoms with Crippen molar-refractivity contribution in [3.05, 3.63) is 33.1 Å². The van der Waals surface area contributed by atoms with Gasteiger partial charge in [-0.15, -0.1) is 11.3 Å². The molecular weight excluding hydrogens is 402 g/mol. The third-order valence-electron chi connectivity index (χ3n) is 4.29. The highest BCUT2D eigenvalue weighted by molar-refractivity contribution is 9.11. The Morgan fingerprint density at radius 3 is 2.56 bits per heavy atom. The normalized spacial score (nSPS) is 20.1. The van der Waals surface area contributed by atoms with Crippen LogP contribution in [0, 0.1) is 0 Å². The molecule has 8 heteroatoms. The first-order valence-electron chi connectivity index (χ1n) is 8.34. The molecule has 0 bridgehead atoms. The predicted molar refractivity (Wildman–Crippen MR) is 106 cm³/mol. The van der Waals surface area contributed by atoms with Gasteiger partial charge in [0, 0.05) is 32.4 Å². The van der Waals surface area contributed by atoms with Crippen LogP contribution in [-0.2, 0) is 0 Å². The number of nitrogens with one attached hydrogen (secondary N) is 2. The lowest BCUT2D eigenvalue weighted by atomic mass is 9.91. The van der Waals surface area contributed by atoms with Gasteiger partial charge < -0.3 is 15.5 Å². The number of amides is 1. The van der Waals surface area contributed by atoms with Crippen molar-refractivity contribution in [3.8, 4) is 0 Å². The Kier molecular flexibility index (Phi) is 5.90. The van der Waals surface area contributed by atoms with Crippen molar-refractivity contribution in [2.24, 2.45) is 0 Å². The SMILES string of the molecule is CN(C)c1ccnc(N[C@H]2CC[C@@H](NC(=O)c3ccc(Br)s3)CC2)n1. The van der Waals surface area contributed by atoms with Crippen molar-refractivity contribution >= 4 is 44.9 Å². The van der Waals surface area contributed by atoms with Crippen molar-refractivity contribution in [2.75, 3.05) is 24.3 Å². The molecule has 0 spiro atoms. The molecule has 3 rings (SSSR count). The first-order valence-corrected chi connectivity index (χ1v) is 9.95. The molecule has 25 heavy (non-hydrogen) atoms. The van der Waals surface area contributed by atoms with Crippen molar-refractivity contribution in [1.29, 1.82) is 0 Å². The van der Waals surface area contributed by atoms with Gasteiger partial charge in [0.25, 0.3) is 5.91 Å². The maximum atomic E-state index is 12.2. The van der Waals surface area contributed by atoms with Gasteiger partial charge in [0.05, 0.1) is 8.66 Å². The van der Waals surface area contributed by atoms with Crippen molar-refractivity contribution in [2.45, 2.75) is 37.8 Å². The van der Waals surface area contributed by atoms with Crippen LogP contribution in [-0.4, -0.2) is 42.1 Å². The van der Waals surface area contributed by atoms with Crippen LogP contribution in [0.1, 0.15) is 35.4 Å². The van der Waals surface area contributed by atoms with E-state index in [1.54, 1.807) is 6.20 Å². The summed E-state index contributed by atoms with van der Waals surface area (Å²) in [6.07, 6.45) is 5.69. The molecule has 2 N–H and O–H groups in total. The summed E-state index contributed by atoms with van der Waals surface area (Å²) >= 11 is 4.86. The number of hydrogen-bond acceptors (Lipinski definition) is 6. The van der Waals surface area contributed by atoms with Crippen LogP contribution < -0.4 is 15.5 Å². The molecule has 1 amide bonds. The van der Waals surface area contributed by atoms with E-state index in [4.69, 9.17) is 0 Å². The molecule has 1 saturated carbocycles. The van der Waals surface area contributed by atoms with Crippen LogP contribution in [0.25, 0.3) is 0 Å². The number of aromatic nitrogens is 2. The number of nitrogens with zero attached hydrogens (tertiary/aromatic N) is 3. The molecule has 1 aliphatic rings. The predicted octanol–water partition coefficient (Wildman–Crippen LogP) is 3.52. The Morgan fingerprint density at radius 1 is 1.20 bits per heavy atom. The third kappa shape index (κ3) is 4.92. The molecule has 0 unspecified atom stereocenters. The fourth-order valence-corrected chi connectivity index (χ4v) is 4.21. The Morgan fingerprint density at radius 2 is 1.92 bits per heavy atom. The lowest BCUT2D eigenvalue weighted by molar-refractivity contribution is 0.0930. The summed E-state index contributed by atoms with van der Waals surface area (Å²) in [7, 11) is 3.93. The molecule has 1 aliphatic carbocycles. The fourth-order valence-electron chi connectivity index (χ4n) is 2.93. The van der Waals surface area contributed by atoms with Crippen molar-refractivity contribution in [1.82, 2.24) is 15.3 Å². The minimum atomic E-state index is 0.0223. The standard InChI is InChI=1S/C17H22BrN5OS/c1-23(2)15-9-10-19-17(22-15)21-12-5-3-11(4-6-12)20-16(24)13-7-8-14(18)25-13/h7-12H,3-6H2,1-2H3,(H,20,24)(H,19,21,22)/t11-,12+. The third-order valence-corrected chi connectivity index (χ3v) is 5.91. The highest BCUT2D eigenvalue weighted by Crippen LogP contribution is 2.24. The molecule has 2 aromatic rings. The first-order chi connectivity index (χ1) is 12.0. The van der Waals surface area contributed by atoms with Gasteiger partial charge in [-0.2, -0.15) is 4.98 Å². The topological polar surface area (TPSA) is 70.2 Å². The molecule has 2 aromatic heterocycles. The first kappa shape index (κ1) is 18.1. The summed E-state index contributed by atoms with van der Waals surface area (Å²) in [6, 6.07) is 6.23. The maximum absolute atomic E-state index is 12.2. The van der Waals surface area contributed by atoms with Crippen LogP contribution in [0.2, 0.25) is 0 Å². The molecule has 0 saturated heterocycles. The molecule has 134 valence electrons. The van der Waals surface area contributed by atoms with E-state index in [9.17, 15) is 4.79 Å². The number of carbonyl (C=O) groups is 1. The monoisotopic (exact) mass is 423 g/mol. The minimum absolute atomic E-state index is 0.0223. The van der Waals surface area contributed by atoms with Gasteiger partial charge >= 0.3 is 0 Å². The summed E-state index contributed by atoms with van der Waals surface area (Å²) in [6.45, 7) is 0. The van der Waals surface area contributed by atoms with Crippen LogP contribution in [0.15, 0.2) is 28.2 Å². The summed E-state index contributed by atoms with van der Waals surface area (Å²) in [5, 5.41) is 6.56. The Bertz CT molecular complexity index is 727. The second-order valence-electron chi connectivity index (χ2n) is 6.40. The summed E-state index contributed by atoms with van der Waals surface area (Å²) in [5.74, 6) is 1.58. The molecule has 0 atom stereocenters. The molecule has 0 aliphatic heterocycles. The van der Waals surface area contributed by atoms with Gasteiger partial charge in [-0.25, -0.2) is 4.98 Å². The van der Waals surface area contributed by atoms with Gasteiger partial charge in [0.1, 0.15) is 5.82 Å². The zero-order chi connectivity index (χ0) is 17.8. The number of carbonyl (C=O) groups excluding carboxylic acids is 1. The van der Waals surface area contributed by atoms with E-state index < -0.39 is 0 Å². The number of halogens is 1. The molecule has 0 aromatic carbocycles. The Balaban J connectivity index is 1.48. The maximum Gasteiger partial charge on any atom is 0.261 e. The molecule has 6 nitrogen and oxygen atoms in total. The summed E-state index contributed by atoms with van der Waals surface area (Å²) in [4.78, 5) is 23.8. The van der Waals surface area contributed by atoms with Crippen LogP contribution in [0.3, 0.4) is 0 Å². The largest absolute Gasteiger partial charge is 0.363 e. The van der Waals surface area contributed by atoms with E-state index in [2.05, 4.69) is 36.5 Å². The molecule has 2 heterocycles. The van der Waals surface area contributed by atoms with Gasteiger partial charge in [-0.1, -0.05) is 0 Å². The molecular formula is C17H22BrN5OS. The lowest BCUT2D eigenvalue weighted by Crippen LogP contribution is -2.40. The summed E-state index contributed by atoms with van der Waals surface area (Å²) < 4.78 is 0.977. The van der Waals surface area contributed by atoms with E-state index in [0.29, 0.717) is 12.0 Å². The van der Waals surface area contributed by atoms with Crippen LogP contribution in [0.5, 0.6) is 0 Å². The highest BCUT2D eigenvalue weighted by Gasteiger charge is 2.23. The fraction of sp³-hybridized carbons (Fsp3) is 0.471. The zero-order valence-corrected chi connectivity index (χ0v) is 16.7. The van der Waals surface area contributed by atoms with E-state index in [-0.39, 0.29) is 11.9 Å². The van der Waals surface area contributed by atoms with Crippen LogP contribution >= 0.6 is 27.3 Å². The number of anilines is 2. The highest BCUT2D eigenvalue weighted by atomic mass is 79.9. The van der Waals surface area contributed by atoms with Crippen molar-refractivity contribution in [3.63, 3.8) is 0 Å². The molecule has 0 radical (unpaired) electrons. The van der Waals surface area contributed by atoms with E-state index in [0.717, 1.165) is 40.2 Å². The lowest BCUT2D eigenvalue weighted by Gasteiger charge is -2.29. The summed E-state index contributed by atoms with van der Waals surface area (Å²) in [5.41, 5.74) is 0.